The maximum atomic E-state index is 12.8. The highest BCUT2D eigenvalue weighted by Crippen LogP contribution is 2.40. The van der Waals surface area contributed by atoms with Crippen LogP contribution in [0, 0.1) is 20.8 Å². The lowest BCUT2D eigenvalue weighted by Gasteiger charge is -2.14. The monoisotopic (exact) mass is 366 g/mol. The zero-order valence-electron chi connectivity index (χ0n) is 15.5. The SMILES string of the molecule is Cc1ccc(C(C)NC(=O)c2oc3c(c2C)-c2nc(C)sc2CC3)cc1. The van der Waals surface area contributed by atoms with E-state index in [0.717, 1.165) is 46.0 Å². The second kappa shape index (κ2) is 6.40. The molecule has 0 saturated carbocycles. The minimum atomic E-state index is -0.168. The van der Waals surface area contributed by atoms with E-state index in [1.54, 1.807) is 11.3 Å². The van der Waals surface area contributed by atoms with Gasteiger partial charge in [0.05, 0.1) is 16.7 Å². The topological polar surface area (TPSA) is 55.1 Å². The summed E-state index contributed by atoms with van der Waals surface area (Å²) in [6.45, 7) is 8.02. The number of carbonyl (C=O) groups excluding carboxylic acids is 1. The molecule has 0 fully saturated rings. The molecule has 1 atom stereocenters. The summed E-state index contributed by atoms with van der Waals surface area (Å²) in [4.78, 5) is 18.8. The van der Waals surface area contributed by atoms with Gasteiger partial charge >= 0.3 is 0 Å². The number of nitrogens with zero attached hydrogens (tertiary/aromatic N) is 1. The molecule has 2 heterocycles. The van der Waals surface area contributed by atoms with E-state index in [2.05, 4.69) is 29.4 Å². The number of thiazole rings is 1. The van der Waals surface area contributed by atoms with Gasteiger partial charge in [0.2, 0.25) is 0 Å². The van der Waals surface area contributed by atoms with E-state index in [1.807, 2.05) is 32.9 Å². The standard InChI is InChI=1S/C21H22N2O2S/c1-11-5-7-15(8-6-11)13(3)22-21(24)20-12(2)18-16(25-20)9-10-17-19(18)23-14(4)26-17/h5-8,13H,9-10H2,1-4H3,(H,22,24). The van der Waals surface area contributed by atoms with Gasteiger partial charge in [0.1, 0.15) is 5.76 Å². The molecule has 1 aliphatic carbocycles. The van der Waals surface area contributed by atoms with Crippen molar-refractivity contribution in [2.45, 2.75) is 46.6 Å². The normalized spacial score (nSPS) is 13.8. The zero-order chi connectivity index (χ0) is 18.4. The van der Waals surface area contributed by atoms with Gasteiger partial charge in [0.25, 0.3) is 5.91 Å². The van der Waals surface area contributed by atoms with Crippen molar-refractivity contribution in [1.82, 2.24) is 10.3 Å². The van der Waals surface area contributed by atoms with Crippen LogP contribution in [0.5, 0.6) is 0 Å². The molecule has 2 aromatic heterocycles. The van der Waals surface area contributed by atoms with Crippen LogP contribution in [0.15, 0.2) is 28.7 Å². The van der Waals surface area contributed by atoms with E-state index in [0.29, 0.717) is 5.76 Å². The summed E-state index contributed by atoms with van der Waals surface area (Å²) in [6, 6.07) is 8.12. The lowest BCUT2D eigenvalue weighted by Crippen LogP contribution is -2.26. The Bertz CT molecular complexity index is 982. The van der Waals surface area contributed by atoms with Crippen molar-refractivity contribution in [3.8, 4) is 11.3 Å². The van der Waals surface area contributed by atoms with E-state index in [9.17, 15) is 4.79 Å². The van der Waals surface area contributed by atoms with Gasteiger partial charge in [-0.15, -0.1) is 11.3 Å². The van der Waals surface area contributed by atoms with Crippen LogP contribution in [-0.2, 0) is 12.8 Å². The Balaban J connectivity index is 1.62. The molecule has 4 rings (SSSR count). The van der Waals surface area contributed by atoms with Crippen LogP contribution >= 0.6 is 11.3 Å². The minimum Gasteiger partial charge on any atom is -0.455 e. The Labute approximate surface area is 157 Å². The van der Waals surface area contributed by atoms with Crippen LogP contribution in [0.1, 0.15) is 55.9 Å². The van der Waals surface area contributed by atoms with Crippen molar-refractivity contribution >= 4 is 17.2 Å². The smallest absolute Gasteiger partial charge is 0.287 e. The van der Waals surface area contributed by atoms with Gasteiger partial charge in [-0.3, -0.25) is 4.79 Å². The minimum absolute atomic E-state index is 0.0818. The third-order valence-corrected chi connectivity index (χ3v) is 6.00. The van der Waals surface area contributed by atoms with Crippen molar-refractivity contribution in [2.24, 2.45) is 0 Å². The van der Waals surface area contributed by atoms with Gasteiger partial charge < -0.3 is 9.73 Å². The van der Waals surface area contributed by atoms with Crippen molar-refractivity contribution in [3.63, 3.8) is 0 Å². The number of hydrogen-bond donors (Lipinski definition) is 1. The molecule has 3 aromatic rings. The fourth-order valence-electron chi connectivity index (χ4n) is 3.54. The number of furan rings is 1. The van der Waals surface area contributed by atoms with Crippen molar-refractivity contribution in [2.75, 3.05) is 0 Å². The first-order valence-corrected chi connectivity index (χ1v) is 9.72. The molecule has 1 N–H and O–H groups in total. The summed E-state index contributed by atoms with van der Waals surface area (Å²) >= 11 is 1.74. The maximum Gasteiger partial charge on any atom is 0.287 e. The van der Waals surface area contributed by atoms with E-state index in [4.69, 9.17) is 4.42 Å². The van der Waals surface area contributed by atoms with Crippen LogP contribution < -0.4 is 5.32 Å². The Morgan fingerprint density at radius 1 is 1.19 bits per heavy atom. The number of benzene rings is 1. The second-order valence-corrected chi connectivity index (χ2v) is 8.25. The average molecular weight is 366 g/mol. The molecule has 134 valence electrons. The molecule has 1 amide bonds. The molecule has 1 unspecified atom stereocenters. The lowest BCUT2D eigenvalue weighted by molar-refractivity contribution is 0.0909. The maximum absolute atomic E-state index is 12.8. The van der Waals surface area contributed by atoms with Crippen LogP contribution in [0.2, 0.25) is 0 Å². The number of aryl methyl sites for hydroxylation is 4. The molecule has 0 saturated heterocycles. The van der Waals surface area contributed by atoms with E-state index >= 15 is 0 Å². The highest BCUT2D eigenvalue weighted by molar-refractivity contribution is 7.12. The molecule has 0 bridgehead atoms. The molecular formula is C21H22N2O2S. The van der Waals surface area contributed by atoms with Crippen molar-refractivity contribution in [1.29, 1.82) is 0 Å². The molecule has 5 heteroatoms. The summed E-state index contributed by atoms with van der Waals surface area (Å²) in [6.07, 6.45) is 1.76. The highest BCUT2D eigenvalue weighted by atomic mass is 32.1. The number of fused-ring (bicyclic) bond motifs is 3. The summed E-state index contributed by atoms with van der Waals surface area (Å²) < 4.78 is 5.97. The zero-order valence-corrected chi connectivity index (χ0v) is 16.3. The first-order chi connectivity index (χ1) is 12.4. The quantitative estimate of drug-likeness (QED) is 0.716. The highest BCUT2D eigenvalue weighted by Gasteiger charge is 2.30. The van der Waals surface area contributed by atoms with E-state index in [-0.39, 0.29) is 11.9 Å². The fourth-order valence-corrected chi connectivity index (χ4v) is 4.48. The fraction of sp³-hybridized carbons (Fsp3) is 0.333. The number of aromatic nitrogens is 1. The van der Waals surface area contributed by atoms with Gasteiger partial charge in [-0.05, 0) is 39.7 Å². The molecular weight excluding hydrogens is 344 g/mol. The predicted octanol–water partition coefficient (Wildman–Crippen LogP) is 4.92. The number of amides is 1. The predicted molar refractivity (Wildman–Crippen MR) is 104 cm³/mol. The molecule has 26 heavy (non-hydrogen) atoms. The Morgan fingerprint density at radius 2 is 1.92 bits per heavy atom. The molecule has 0 aliphatic heterocycles. The van der Waals surface area contributed by atoms with Crippen molar-refractivity contribution in [3.05, 3.63) is 62.4 Å². The molecule has 4 nitrogen and oxygen atoms in total. The van der Waals surface area contributed by atoms with Crippen LogP contribution in [0.25, 0.3) is 11.3 Å². The van der Waals surface area contributed by atoms with Crippen LogP contribution in [-0.4, -0.2) is 10.9 Å². The summed E-state index contributed by atoms with van der Waals surface area (Å²) in [5.41, 5.74) is 5.19. The lowest BCUT2D eigenvalue weighted by atomic mass is 9.97. The number of nitrogens with one attached hydrogen (secondary N) is 1. The number of rotatable bonds is 3. The van der Waals surface area contributed by atoms with Gasteiger partial charge in [0.15, 0.2) is 5.76 Å². The third-order valence-electron chi connectivity index (χ3n) is 4.97. The van der Waals surface area contributed by atoms with Crippen molar-refractivity contribution < 1.29 is 9.21 Å². The summed E-state index contributed by atoms with van der Waals surface area (Å²) in [5.74, 6) is 1.12. The van der Waals surface area contributed by atoms with Gasteiger partial charge in [-0.2, -0.15) is 0 Å². The van der Waals surface area contributed by atoms with Crippen LogP contribution in [0.3, 0.4) is 0 Å². The van der Waals surface area contributed by atoms with Gasteiger partial charge in [-0.25, -0.2) is 4.98 Å². The van der Waals surface area contributed by atoms with Gasteiger partial charge in [0, 0.05) is 22.4 Å². The first kappa shape index (κ1) is 17.0. The Kier molecular flexibility index (Phi) is 4.19. The summed E-state index contributed by atoms with van der Waals surface area (Å²) in [7, 11) is 0. The Hall–Kier alpha value is -2.40. The van der Waals surface area contributed by atoms with Crippen LogP contribution in [0.4, 0.5) is 0 Å². The molecule has 1 aromatic carbocycles. The average Bonchev–Trinajstić information content (AvgIpc) is 3.14. The number of hydrogen-bond acceptors (Lipinski definition) is 4. The second-order valence-electron chi connectivity index (χ2n) is 6.96. The van der Waals surface area contributed by atoms with E-state index in [1.165, 1.54) is 10.4 Å². The van der Waals surface area contributed by atoms with Gasteiger partial charge in [-0.1, -0.05) is 29.8 Å². The molecule has 1 aliphatic rings. The third kappa shape index (κ3) is 2.86. The summed E-state index contributed by atoms with van der Waals surface area (Å²) in [5, 5.41) is 4.12. The van der Waals surface area contributed by atoms with E-state index < -0.39 is 0 Å². The largest absolute Gasteiger partial charge is 0.455 e. The Morgan fingerprint density at radius 3 is 2.65 bits per heavy atom. The first-order valence-electron chi connectivity index (χ1n) is 8.90. The molecule has 0 radical (unpaired) electrons. The molecule has 0 spiro atoms. The number of carbonyl (C=O) groups is 1.